The minimum absolute atomic E-state index is 0.219. The fourth-order valence-electron chi connectivity index (χ4n) is 2.86. The first-order valence-corrected chi connectivity index (χ1v) is 9.29. The molecule has 6 nitrogen and oxygen atoms in total. The van der Waals surface area contributed by atoms with E-state index in [0.717, 1.165) is 24.1 Å². The van der Waals surface area contributed by atoms with Crippen molar-refractivity contribution in [3.05, 3.63) is 35.7 Å². The summed E-state index contributed by atoms with van der Waals surface area (Å²) >= 11 is 1.39. The maximum absolute atomic E-state index is 12.5. The first-order chi connectivity index (χ1) is 12.2. The number of thiazole rings is 1. The van der Waals surface area contributed by atoms with Crippen molar-refractivity contribution < 1.29 is 14.3 Å². The van der Waals surface area contributed by atoms with Crippen LogP contribution in [0.15, 0.2) is 35.7 Å². The molecule has 2 amide bonds. The number of nitrogens with one attached hydrogen (secondary N) is 1. The Morgan fingerprint density at radius 2 is 2.16 bits per heavy atom. The zero-order valence-corrected chi connectivity index (χ0v) is 14.9. The highest BCUT2D eigenvalue weighted by Crippen LogP contribution is 2.25. The molecule has 1 atom stereocenters. The number of benzene rings is 1. The van der Waals surface area contributed by atoms with E-state index in [0.29, 0.717) is 24.8 Å². The third kappa shape index (κ3) is 4.36. The smallest absolute Gasteiger partial charge is 0.323 e. The summed E-state index contributed by atoms with van der Waals surface area (Å²) in [5.74, 6) is -0.462. The monoisotopic (exact) mass is 359 g/mol. The molecule has 1 N–H and O–H groups in total. The lowest BCUT2D eigenvalue weighted by atomic mass is 9.98. The summed E-state index contributed by atoms with van der Waals surface area (Å²) in [5.41, 5.74) is 1.85. The number of hydrogen-bond acceptors (Lipinski definition) is 5. The SMILES string of the molecule is CCOC(=O)C1CCCN(C(=O)Nc2nc(-c3ccccc3)cs2)C1. The molecule has 1 aromatic carbocycles. The highest BCUT2D eigenvalue weighted by molar-refractivity contribution is 7.14. The van der Waals surface area contributed by atoms with E-state index >= 15 is 0 Å². The van der Waals surface area contributed by atoms with Gasteiger partial charge in [0, 0.05) is 24.0 Å². The van der Waals surface area contributed by atoms with Crippen LogP contribution in [-0.2, 0) is 9.53 Å². The molecule has 0 saturated carbocycles. The summed E-state index contributed by atoms with van der Waals surface area (Å²) in [6.45, 7) is 3.18. The van der Waals surface area contributed by atoms with Gasteiger partial charge in [-0.2, -0.15) is 0 Å². The predicted molar refractivity (Wildman–Crippen MR) is 97.5 cm³/mol. The van der Waals surface area contributed by atoms with E-state index in [1.54, 1.807) is 11.8 Å². The normalized spacial score (nSPS) is 17.2. The van der Waals surface area contributed by atoms with E-state index in [1.165, 1.54) is 11.3 Å². The average Bonchev–Trinajstić information content (AvgIpc) is 3.11. The van der Waals surface area contributed by atoms with Gasteiger partial charge < -0.3 is 9.64 Å². The lowest BCUT2D eigenvalue weighted by Crippen LogP contribution is -2.44. The van der Waals surface area contributed by atoms with Gasteiger partial charge in [-0.25, -0.2) is 9.78 Å². The number of ether oxygens (including phenoxy) is 1. The second-order valence-electron chi connectivity index (χ2n) is 5.87. The van der Waals surface area contributed by atoms with Gasteiger partial charge in [-0.3, -0.25) is 10.1 Å². The van der Waals surface area contributed by atoms with Crippen LogP contribution in [0.4, 0.5) is 9.93 Å². The molecule has 2 heterocycles. The summed E-state index contributed by atoms with van der Waals surface area (Å²) < 4.78 is 5.07. The van der Waals surface area contributed by atoms with E-state index in [9.17, 15) is 9.59 Å². The number of hydrogen-bond donors (Lipinski definition) is 1. The second kappa shape index (κ2) is 8.11. The Labute approximate surface area is 150 Å². The van der Waals surface area contributed by atoms with E-state index < -0.39 is 0 Å². The Hall–Kier alpha value is -2.41. The van der Waals surface area contributed by atoms with Crippen molar-refractivity contribution in [1.82, 2.24) is 9.88 Å². The maximum atomic E-state index is 12.5. The quantitative estimate of drug-likeness (QED) is 0.847. The van der Waals surface area contributed by atoms with E-state index in [-0.39, 0.29) is 17.9 Å². The van der Waals surface area contributed by atoms with Crippen LogP contribution in [0, 0.1) is 5.92 Å². The molecule has 25 heavy (non-hydrogen) atoms. The number of rotatable bonds is 4. The number of urea groups is 1. The topological polar surface area (TPSA) is 71.5 Å². The molecule has 0 spiro atoms. The van der Waals surface area contributed by atoms with Crippen LogP contribution < -0.4 is 5.32 Å². The largest absolute Gasteiger partial charge is 0.466 e. The van der Waals surface area contributed by atoms with Crippen molar-refractivity contribution in [1.29, 1.82) is 0 Å². The molecule has 1 unspecified atom stereocenters. The Bertz CT molecular complexity index is 732. The number of esters is 1. The Kier molecular flexibility index (Phi) is 5.65. The Morgan fingerprint density at radius 1 is 1.36 bits per heavy atom. The molecule has 132 valence electrons. The van der Waals surface area contributed by atoms with Gasteiger partial charge in [0.25, 0.3) is 0 Å². The van der Waals surface area contributed by atoms with Gasteiger partial charge in [-0.05, 0) is 19.8 Å². The molecule has 7 heteroatoms. The number of likely N-dealkylation sites (tertiary alicyclic amines) is 1. The van der Waals surface area contributed by atoms with Crippen molar-refractivity contribution in [2.24, 2.45) is 5.92 Å². The molecule has 0 radical (unpaired) electrons. The zero-order chi connectivity index (χ0) is 17.6. The van der Waals surface area contributed by atoms with Crippen LogP contribution in [0.2, 0.25) is 0 Å². The molecule has 0 aliphatic carbocycles. The molecule has 1 aliphatic heterocycles. The van der Waals surface area contributed by atoms with Gasteiger partial charge in [-0.15, -0.1) is 11.3 Å². The molecule has 1 saturated heterocycles. The van der Waals surface area contributed by atoms with Gasteiger partial charge in [0.05, 0.1) is 18.2 Å². The van der Waals surface area contributed by atoms with Crippen molar-refractivity contribution in [2.75, 3.05) is 25.0 Å². The second-order valence-corrected chi connectivity index (χ2v) is 6.73. The fourth-order valence-corrected chi connectivity index (χ4v) is 3.57. The summed E-state index contributed by atoms with van der Waals surface area (Å²) in [6, 6.07) is 9.61. The highest BCUT2D eigenvalue weighted by atomic mass is 32.1. The van der Waals surface area contributed by atoms with Gasteiger partial charge >= 0.3 is 12.0 Å². The fraction of sp³-hybridized carbons (Fsp3) is 0.389. The number of aromatic nitrogens is 1. The predicted octanol–water partition coefficient (Wildman–Crippen LogP) is 3.62. The Morgan fingerprint density at radius 3 is 2.92 bits per heavy atom. The van der Waals surface area contributed by atoms with E-state index in [4.69, 9.17) is 4.74 Å². The number of carbonyl (C=O) groups excluding carboxylic acids is 2. The van der Waals surface area contributed by atoms with Gasteiger partial charge in [0.1, 0.15) is 0 Å². The number of nitrogens with zero attached hydrogens (tertiary/aromatic N) is 2. The number of amides is 2. The first-order valence-electron chi connectivity index (χ1n) is 8.41. The summed E-state index contributed by atoms with van der Waals surface area (Å²) in [7, 11) is 0. The Balaban J connectivity index is 1.60. The van der Waals surface area contributed by atoms with E-state index in [2.05, 4.69) is 10.3 Å². The lowest BCUT2D eigenvalue weighted by Gasteiger charge is -2.31. The van der Waals surface area contributed by atoms with Gasteiger partial charge in [0.2, 0.25) is 0 Å². The van der Waals surface area contributed by atoms with Crippen molar-refractivity contribution in [2.45, 2.75) is 19.8 Å². The maximum Gasteiger partial charge on any atom is 0.323 e. The standard InChI is InChI=1S/C18H21N3O3S/c1-2-24-16(22)14-9-6-10-21(11-14)18(23)20-17-19-15(12-25-17)13-7-4-3-5-8-13/h3-5,7-8,12,14H,2,6,9-11H2,1H3,(H,19,20,23). The zero-order valence-electron chi connectivity index (χ0n) is 14.1. The summed E-state index contributed by atoms with van der Waals surface area (Å²) in [4.78, 5) is 30.5. The molecular formula is C18H21N3O3S. The molecule has 0 bridgehead atoms. The molecule has 1 fully saturated rings. The van der Waals surface area contributed by atoms with Crippen LogP contribution in [0.3, 0.4) is 0 Å². The molecule has 2 aromatic rings. The third-order valence-electron chi connectivity index (χ3n) is 4.12. The molecular weight excluding hydrogens is 338 g/mol. The van der Waals surface area contributed by atoms with Crippen LogP contribution in [0.5, 0.6) is 0 Å². The van der Waals surface area contributed by atoms with E-state index in [1.807, 2.05) is 35.7 Å². The van der Waals surface area contributed by atoms with Crippen LogP contribution in [0.1, 0.15) is 19.8 Å². The summed E-state index contributed by atoms with van der Waals surface area (Å²) in [6.07, 6.45) is 1.56. The van der Waals surface area contributed by atoms with Crippen LogP contribution in [-0.4, -0.2) is 41.6 Å². The van der Waals surface area contributed by atoms with Crippen molar-refractivity contribution >= 4 is 28.5 Å². The minimum Gasteiger partial charge on any atom is -0.466 e. The molecule has 1 aromatic heterocycles. The minimum atomic E-state index is -0.240. The third-order valence-corrected chi connectivity index (χ3v) is 4.87. The number of piperidine rings is 1. The van der Waals surface area contributed by atoms with Crippen LogP contribution in [0.25, 0.3) is 11.3 Å². The van der Waals surface area contributed by atoms with Crippen molar-refractivity contribution in [3.63, 3.8) is 0 Å². The molecule has 1 aliphatic rings. The summed E-state index contributed by atoms with van der Waals surface area (Å²) in [5, 5.41) is 5.31. The molecule has 3 rings (SSSR count). The van der Waals surface area contributed by atoms with Gasteiger partial charge in [-0.1, -0.05) is 30.3 Å². The highest BCUT2D eigenvalue weighted by Gasteiger charge is 2.29. The van der Waals surface area contributed by atoms with Gasteiger partial charge in [0.15, 0.2) is 5.13 Å². The average molecular weight is 359 g/mol. The first kappa shape index (κ1) is 17.4. The number of anilines is 1. The van der Waals surface area contributed by atoms with Crippen molar-refractivity contribution in [3.8, 4) is 11.3 Å². The lowest BCUT2D eigenvalue weighted by molar-refractivity contribution is -0.149. The van der Waals surface area contributed by atoms with Crippen LogP contribution >= 0.6 is 11.3 Å². The number of carbonyl (C=O) groups is 2.